The molecule has 25 heavy (non-hydrogen) atoms. The maximum atomic E-state index is 12.1. The highest BCUT2D eigenvalue weighted by Crippen LogP contribution is 2.15. The van der Waals surface area contributed by atoms with E-state index in [9.17, 15) is 9.59 Å². The van der Waals surface area contributed by atoms with Crippen molar-refractivity contribution in [1.29, 1.82) is 0 Å². The predicted molar refractivity (Wildman–Crippen MR) is 107 cm³/mol. The van der Waals surface area contributed by atoms with E-state index in [2.05, 4.69) is 35.9 Å². The van der Waals surface area contributed by atoms with Crippen LogP contribution >= 0.6 is 11.3 Å². The molecule has 1 aromatic heterocycles. The molecule has 0 aliphatic rings. The van der Waals surface area contributed by atoms with Gasteiger partial charge < -0.3 is 9.88 Å². The number of nitrogens with zero attached hydrogens (tertiary/aromatic N) is 1. The first-order valence-electron chi connectivity index (χ1n) is 8.56. The van der Waals surface area contributed by atoms with Crippen LogP contribution in [0.15, 0.2) is 29.1 Å². The lowest BCUT2D eigenvalue weighted by atomic mass is 9.91. The fraction of sp³-hybridized carbons (Fsp3) is 0.400. The van der Waals surface area contributed by atoms with Crippen molar-refractivity contribution in [1.82, 2.24) is 4.98 Å². The average Bonchev–Trinajstić information content (AvgIpc) is 2.88. The minimum absolute atomic E-state index is 0.000116. The maximum Gasteiger partial charge on any atom is 0.266 e. The summed E-state index contributed by atoms with van der Waals surface area (Å²) in [4.78, 5) is 29.2. The van der Waals surface area contributed by atoms with E-state index in [1.165, 1.54) is 23.1 Å². The summed E-state index contributed by atoms with van der Waals surface area (Å²) in [5, 5.41) is 0. The molecule has 2 rings (SSSR count). The quantitative estimate of drug-likeness (QED) is 0.893. The van der Waals surface area contributed by atoms with E-state index in [4.69, 9.17) is 0 Å². The number of benzene rings is 1. The van der Waals surface area contributed by atoms with Crippen molar-refractivity contribution in [3.63, 3.8) is 0 Å². The molecule has 0 amide bonds. The third-order valence-corrected chi connectivity index (χ3v) is 4.96. The van der Waals surface area contributed by atoms with Gasteiger partial charge >= 0.3 is 0 Å². The van der Waals surface area contributed by atoms with E-state index in [0.29, 0.717) is 9.20 Å². The van der Waals surface area contributed by atoms with Crippen molar-refractivity contribution in [2.75, 3.05) is 18.0 Å². The van der Waals surface area contributed by atoms with Crippen molar-refractivity contribution >= 4 is 35.0 Å². The Morgan fingerprint density at radius 2 is 1.76 bits per heavy atom. The number of hydrogen-bond donors (Lipinski definition) is 1. The fourth-order valence-corrected chi connectivity index (χ4v) is 3.27. The Kier molecular flexibility index (Phi) is 6.01. The molecular weight excluding hydrogens is 332 g/mol. The molecule has 4 nitrogen and oxygen atoms in total. The molecule has 0 saturated carbocycles. The molecule has 0 aliphatic carbocycles. The van der Waals surface area contributed by atoms with Crippen LogP contribution in [0.4, 0.5) is 5.69 Å². The number of aromatic nitrogens is 1. The molecule has 0 radical (unpaired) electrons. The molecule has 0 atom stereocenters. The summed E-state index contributed by atoms with van der Waals surface area (Å²) in [5.74, 6) is 0.000116. The fourth-order valence-electron chi connectivity index (χ4n) is 2.38. The van der Waals surface area contributed by atoms with Crippen LogP contribution in [0.1, 0.15) is 40.2 Å². The normalized spacial score (nSPS) is 13.3. The Bertz CT molecular complexity index is 895. The summed E-state index contributed by atoms with van der Waals surface area (Å²) in [6.07, 6.45) is 3.38. The van der Waals surface area contributed by atoms with Crippen LogP contribution in [0.5, 0.6) is 0 Å². The number of nitrogens with one attached hydrogen (secondary N) is 1. The lowest BCUT2D eigenvalue weighted by molar-refractivity contribution is -0.119. The van der Waals surface area contributed by atoms with Crippen LogP contribution < -0.4 is 19.7 Å². The summed E-state index contributed by atoms with van der Waals surface area (Å²) in [5.41, 5.74) is 1.53. The first-order valence-corrected chi connectivity index (χ1v) is 9.38. The van der Waals surface area contributed by atoms with Gasteiger partial charge in [0, 0.05) is 30.3 Å². The SMILES string of the molecule is CCN(CC)c1ccc(C=c2sc(=CC(=O)C(C)(C)C)[nH]c2=O)cc1. The molecule has 0 spiro atoms. The van der Waals surface area contributed by atoms with Gasteiger partial charge in [-0.05, 0) is 37.6 Å². The number of rotatable bonds is 5. The Hall–Kier alpha value is -2.14. The molecule has 1 N–H and O–H groups in total. The summed E-state index contributed by atoms with van der Waals surface area (Å²) < 4.78 is 1.19. The third kappa shape index (κ3) is 4.92. The van der Waals surface area contributed by atoms with E-state index < -0.39 is 5.41 Å². The Morgan fingerprint density at radius 3 is 2.28 bits per heavy atom. The van der Waals surface area contributed by atoms with Crippen LogP contribution in [0, 0.1) is 5.41 Å². The van der Waals surface area contributed by atoms with Gasteiger partial charge in [0.25, 0.3) is 5.56 Å². The topological polar surface area (TPSA) is 53.2 Å². The van der Waals surface area contributed by atoms with Crippen LogP contribution in [-0.2, 0) is 4.79 Å². The standard InChI is InChI=1S/C20H26N2O2S/c1-6-22(7-2)15-10-8-14(9-11-15)12-16-19(24)21-18(25-16)13-17(23)20(3,4)5/h8-13H,6-7H2,1-5H3,(H,21,24). The first-order chi connectivity index (χ1) is 11.7. The molecule has 0 unspecified atom stereocenters. The number of ketones is 1. The summed E-state index contributed by atoms with van der Waals surface area (Å²) in [7, 11) is 0. The van der Waals surface area contributed by atoms with Gasteiger partial charge in [-0.2, -0.15) is 0 Å². The van der Waals surface area contributed by atoms with Crippen molar-refractivity contribution < 1.29 is 4.79 Å². The molecule has 0 fully saturated rings. The highest BCUT2D eigenvalue weighted by atomic mass is 32.1. The van der Waals surface area contributed by atoms with Crippen molar-refractivity contribution in [3.05, 3.63) is 49.4 Å². The lowest BCUT2D eigenvalue weighted by Crippen LogP contribution is -2.22. The summed E-state index contributed by atoms with van der Waals surface area (Å²) in [6.45, 7) is 11.8. The minimum atomic E-state index is -0.453. The molecule has 1 heterocycles. The second-order valence-corrected chi connectivity index (χ2v) is 8.04. The van der Waals surface area contributed by atoms with E-state index in [-0.39, 0.29) is 11.3 Å². The molecule has 5 heteroatoms. The van der Waals surface area contributed by atoms with Crippen molar-refractivity contribution in [2.24, 2.45) is 5.41 Å². The number of thiazole rings is 1. The number of hydrogen-bond acceptors (Lipinski definition) is 4. The number of Topliss-reactive ketones (excluding diaryl/α,β-unsaturated/α-hetero) is 1. The maximum absolute atomic E-state index is 12.1. The number of anilines is 1. The predicted octanol–water partition coefficient (Wildman–Crippen LogP) is 2.51. The van der Waals surface area contributed by atoms with Crippen LogP contribution in [0.25, 0.3) is 12.2 Å². The zero-order valence-electron chi connectivity index (χ0n) is 15.6. The first kappa shape index (κ1) is 19.2. The Balaban J connectivity index is 2.35. The van der Waals surface area contributed by atoms with Gasteiger partial charge in [0.05, 0.1) is 9.20 Å². The van der Waals surface area contributed by atoms with Crippen molar-refractivity contribution in [2.45, 2.75) is 34.6 Å². The van der Waals surface area contributed by atoms with Gasteiger partial charge in [-0.1, -0.05) is 32.9 Å². The van der Waals surface area contributed by atoms with Gasteiger partial charge in [-0.15, -0.1) is 11.3 Å². The smallest absolute Gasteiger partial charge is 0.266 e. The van der Waals surface area contributed by atoms with Gasteiger partial charge in [0.1, 0.15) is 0 Å². The molecule has 2 aromatic rings. The van der Waals surface area contributed by atoms with E-state index in [1.807, 2.05) is 39.0 Å². The molecule has 0 aliphatic heterocycles. The number of aromatic amines is 1. The molecular formula is C20H26N2O2S. The van der Waals surface area contributed by atoms with Crippen LogP contribution in [0.3, 0.4) is 0 Å². The third-order valence-electron chi connectivity index (χ3n) is 4.00. The van der Waals surface area contributed by atoms with Gasteiger partial charge in [0.15, 0.2) is 5.78 Å². The Labute approximate surface area is 152 Å². The molecule has 0 bridgehead atoms. The van der Waals surface area contributed by atoms with E-state index in [1.54, 1.807) is 0 Å². The second-order valence-electron chi connectivity index (χ2n) is 6.95. The molecule has 0 saturated heterocycles. The molecule has 1 aromatic carbocycles. The van der Waals surface area contributed by atoms with Crippen molar-refractivity contribution in [3.8, 4) is 0 Å². The van der Waals surface area contributed by atoms with Crippen LogP contribution in [-0.4, -0.2) is 23.9 Å². The number of H-pyrrole nitrogens is 1. The second kappa shape index (κ2) is 7.83. The minimum Gasteiger partial charge on any atom is -0.372 e. The molecule has 134 valence electrons. The number of carbonyl (C=O) groups is 1. The summed E-state index contributed by atoms with van der Waals surface area (Å²) in [6, 6.07) is 8.15. The number of carbonyl (C=O) groups excluding carboxylic acids is 1. The Morgan fingerprint density at radius 1 is 1.16 bits per heavy atom. The van der Waals surface area contributed by atoms with E-state index in [0.717, 1.165) is 18.7 Å². The summed E-state index contributed by atoms with van der Waals surface area (Å²) >= 11 is 1.31. The monoisotopic (exact) mass is 358 g/mol. The lowest BCUT2D eigenvalue weighted by Gasteiger charge is -2.20. The van der Waals surface area contributed by atoms with Gasteiger partial charge in [-0.25, -0.2) is 0 Å². The zero-order chi connectivity index (χ0) is 18.6. The van der Waals surface area contributed by atoms with Gasteiger partial charge in [0.2, 0.25) is 0 Å². The highest BCUT2D eigenvalue weighted by molar-refractivity contribution is 7.07. The largest absolute Gasteiger partial charge is 0.372 e. The zero-order valence-corrected chi connectivity index (χ0v) is 16.4. The van der Waals surface area contributed by atoms with Crippen LogP contribution in [0.2, 0.25) is 0 Å². The average molecular weight is 359 g/mol. The van der Waals surface area contributed by atoms with Gasteiger partial charge in [-0.3, -0.25) is 9.59 Å². The highest BCUT2D eigenvalue weighted by Gasteiger charge is 2.18. The van der Waals surface area contributed by atoms with E-state index >= 15 is 0 Å².